The van der Waals surface area contributed by atoms with E-state index in [-0.39, 0.29) is 10.7 Å². The van der Waals surface area contributed by atoms with Crippen LogP contribution in [0.4, 0.5) is 0 Å². The summed E-state index contributed by atoms with van der Waals surface area (Å²) in [4.78, 5) is 23.0. The SMILES string of the molecule is Cc1ncnc(C(=O)N2CC3(CC(NCC4CC4)CS3)C2)c1C. The van der Waals surface area contributed by atoms with E-state index in [1.807, 2.05) is 30.5 Å². The summed E-state index contributed by atoms with van der Waals surface area (Å²) in [5.74, 6) is 2.18. The lowest BCUT2D eigenvalue weighted by Crippen LogP contribution is -2.61. The van der Waals surface area contributed by atoms with Crippen LogP contribution < -0.4 is 5.32 Å². The van der Waals surface area contributed by atoms with E-state index in [0.717, 1.165) is 30.3 Å². The lowest BCUT2D eigenvalue weighted by Gasteiger charge is -2.47. The van der Waals surface area contributed by atoms with Gasteiger partial charge in [0.15, 0.2) is 0 Å². The molecule has 0 aromatic carbocycles. The number of aromatic nitrogens is 2. The summed E-state index contributed by atoms with van der Waals surface area (Å²) in [5.41, 5.74) is 2.36. The Labute approximate surface area is 141 Å². The van der Waals surface area contributed by atoms with Crippen molar-refractivity contribution in [3.63, 3.8) is 0 Å². The largest absolute Gasteiger partial charge is 0.334 e. The van der Waals surface area contributed by atoms with E-state index in [4.69, 9.17) is 0 Å². The number of aryl methyl sites for hydroxylation is 1. The molecule has 1 N–H and O–H groups in total. The minimum absolute atomic E-state index is 0.0635. The fourth-order valence-corrected chi connectivity index (χ4v) is 5.15. The molecule has 1 aromatic rings. The summed E-state index contributed by atoms with van der Waals surface area (Å²) < 4.78 is 0.285. The number of likely N-dealkylation sites (tertiary alicyclic amines) is 1. The first-order valence-corrected chi connectivity index (χ1v) is 9.50. The first-order chi connectivity index (χ1) is 11.1. The third-order valence-corrected chi connectivity index (χ3v) is 6.99. The molecule has 0 radical (unpaired) electrons. The minimum Gasteiger partial charge on any atom is -0.334 e. The Morgan fingerprint density at radius 2 is 2.17 bits per heavy atom. The van der Waals surface area contributed by atoms with Crippen molar-refractivity contribution in [1.82, 2.24) is 20.2 Å². The molecule has 1 saturated carbocycles. The topological polar surface area (TPSA) is 58.1 Å². The standard InChI is InChI=1S/C17H24N4OS/c1-11-12(2)19-10-20-15(11)16(22)21-8-17(9-21)5-14(7-23-17)18-6-13-3-4-13/h10,13-14,18H,3-9H2,1-2H3. The maximum atomic E-state index is 12.7. The zero-order valence-corrected chi connectivity index (χ0v) is 14.7. The summed E-state index contributed by atoms with van der Waals surface area (Å²) in [6.45, 7) is 6.76. The van der Waals surface area contributed by atoms with Crippen LogP contribution in [0.3, 0.4) is 0 Å². The number of carbonyl (C=O) groups excluding carboxylic acids is 1. The number of nitrogens with zero attached hydrogens (tertiary/aromatic N) is 3. The van der Waals surface area contributed by atoms with Crippen molar-refractivity contribution in [1.29, 1.82) is 0 Å². The summed E-state index contributed by atoms with van der Waals surface area (Å²) in [6.07, 6.45) is 5.49. The van der Waals surface area contributed by atoms with Crippen LogP contribution in [-0.2, 0) is 0 Å². The first-order valence-electron chi connectivity index (χ1n) is 8.51. The second-order valence-corrected chi connectivity index (χ2v) is 8.83. The van der Waals surface area contributed by atoms with E-state index in [9.17, 15) is 4.79 Å². The molecule has 0 bridgehead atoms. The summed E-state index contributed by atoms with van der Waals surface area (Å²) >= 11 is 2.05. The van der Waals surface area contributed by atoms with E-state index >= 15 is 0 Å². The highest BCUT2D eigenvalue weighted by molar-refractivity contribution is 8.01. The molecule has 3 fully saturated rings. The summed E-state index contributed by atoms with van der Waals surface area (Å²) in [7, 11) is 0. The van der Waals surface area contributed by atoms with Crippen LogP contribution in [0.15, 0.2) is 6.33 Å². The van der Waals surface area contributed by atoms with Crippen LogP contribution in [0.1, 0.15) is 41.0 Å². The van der Waals surface area contributed by atoms with Crippen molar-refractivity contribution in [3.8, 4) is 0 Å². The lowest BCUT2D eigenvalue weighted by molar-refractivity contribution is 0.0545. The van der Waals surface area contributed by atoms with Crippen molar-refractivity contribution >= 4 is 17.7 Å². The van der Waals surface area contributed by atoms with Gasteiger partial charge < -0.3 is 10.2 Å². The maximum absolute atomic E-state index is 12.7. The van der Waals surface area contributed by atoms with Crippen molar-refractivity contribution < 1.29 is 4.79 Å². The molecule has 23 heavy (non-hydrogen) atoms. The van der Waals surface area contributed by atoms with Crippen LogP contribution in [0.2, 0.25) is 0 Å². The molecular formula is C17H24N4OS. The second kappa shape index (κ2) is 5.74. The molecule has 1 atom stereocenters. The van der Waals surface area contributed by atoms with Crippen LogP contribution in [0.25, 0.3) is 0 Å². The number of amides is 1. The third kappa shape index (κ3) is 2.98. The van der Waals surface area contributed by atoms with Gasteiger partial charge in [-0.3, -0.25) is 4.79 Å². The first kappa shape index (κ1) is 15.4. The number of nitrogens with one attached hydrogen (secondary N) is 1. The molecule has 3 heterocycles. The van der Waals surface area contributed by atoms with Crippen molar-refractivity contribution in [2.75, 3.05) is 25.4 Å². The molecule has 2 aliphatic heterocycles. The van der Waals surface area contributed by atoms with Gasteiger partial charge in [-0.15, -0.1) is 11.8 Å². The molecule has 6 heteroatoms. The molecule has 5 nitrogen and oxygen atoms in total. The fraction of sp³-hybridized carbons (Fsp3) is 0.706. The number of rotatable bonds is 4. The van der Waals surface area contributed by atoms with Crippen molar-refractivity contribution in [3.05, 3.63) is 23.3 Å². The highest BCUT2D eigenvalue weighted by Gasteiger charge is 2.51. The number of thioether (sulfide) groups is 1. The number of hydrogen-bond acceptors (Lipinski definition) is 5. The Morgan fingerprint density at radius 3 is 2.91 bits per heavy atom. The van der Waals surface area contributed by atoms with Gasteiger partial charge in [-0.2, -0.15) is 0 Å². The average molecular weight is 332 g/mol. The van der Waals surface area contributed by atoms with E-state index in [1.54, 1.807) is 0 Å². The Bertz CT molecular complexity index is 625. The molecular weight excluding hydrogens is 308 g/mol. The normalized spacial score (nSPS) is 25.7. The van der Waals surface area contributed by atoms with E-state index in [1.165, 1.54) is 37.9 Å². The molecule has 2 saturated heterocycles. The Hall–Kier alpha value is -1.14. The smallest absolute Gasteiger partial charge is 0.272 e. The third-order valence-electron chi connectivity index (χ3n) is 5.39. The zero-order valence-electron chi connectivity index (χ0n) is 13.8. The molecule has 4 rings (SSSR count). The number of carbonyl (C=O) groups is 1. The van der Waals surface area contributed by atoms with Gasteiger partial charge in [-0.25, -0.2) is 9.97 Å². The number of hydrogen-bond donors (Lipinski definition) is 1. The van der Waals surface area contributed by atoms with Crippen LogP contribution in [0.5, 0.6) is 0 Å². The lowest BCUT2D eigenvalue weighted by atomic mass is 9.91. The van der Waals surface area contributed by atoms with Crippen molar-refractivity contribution in [2.45, 2.75) is 43.9 Å². The Kier molecular flexibility index (Phi) is 3.84. The quantitative estimate of drug-likeness (QED) is 0.911. The van der Waals surface area contributed by atoms with Gasteiger partial charge >= 0.3 is 0 Å². The van der Waals surface area contributed by atoms with Gasteiger partial charge in [0.2, 0.25) is 0 Å². The van der Waals surface area contributed by atoms with Gasteiger partial charge in [0.05, 0.1) is 4.75 Å². The predicted octanol–water partition coefficient (Wildman–Crippen LogP) is 1.79. The highest BCUT2D eigenvalue weighted by Crippen LogP contribution is 2.45. The van der Waals surface area contributed by atoms with Gasteiger partial charge in [0, 0.05) is 36.1 Å². The van der Waals surface area contributed by atoms with E-state index < -0.39 is 0 Å². The predicted molar refractivity (Wildman–Crippen MR) is 91.7 cm³/mol. The molecule has 1 unspecified atom stereocenters. The monoisotopic (exact) mass is 332 g/mol. The molecule has 124 valence electrons. The molecule has 1 aromatic heterocycles. The van der Waals surface area contributed by atoms with Crippen molar-refractivity contribution in [2.24, 2.45) is 5.92 Å². The van der Waals surface area contributed by atoms with Gasteiger partial charge in [-0.05, 0) is 45.6 Å². The minimum atomic E-state index is 0.0635. The second-order valence-electron chi connectivity index (χ2n) is 7.34. The van der Waals surface area contributed by atoms with Gasteiger partial charge in [-0.1, -0.05) is 0 Å². The van der Waals surface area contributed by atoms with Crippen LogP contribution in [-0.4, -0.2) is 57.0 Å². The molecule has 1 spiro atoms. The summed E-state index contributed by atoms with van der Waals surface area (Å²) in [5, 5.41) is 3.71. The van der Waals surface area contributed by atoms with E-state index in [0.29, 0.717) is 11.7 Å². The van der Waals surface area contributed by atoms with Gasteiger partial charge in [0.25, 0.3) is 5.91 Å². The fourth-order valence-electron chi connectivity index (χ4n) is 3.55. The summed E-state index contributed by atoms with van der Waals surface area (Å²) in [6, 6.07) is 0.626. The van der Waals surface area contributed by atoms with Gasteiger partial charge in [0.1, 0.15) is 12.0 Å². The maximum Gasteiger partial charge on any atom is 0.272 e. The molecule has 1 aliphatic carbocycles. The molecule has 1 amide bonds. The Morgan fingerprint density at radius 1 is 1.39 bits per heavy atom. The van der Waals surface area contributed by atoms with Crippen LogP contribution in [0, 0.1) is 19.8 Å². The average Bonchev–Trinajstić information content (AvgIpc) is 3.23. The Balaban J connectivity index is 1.34. The molecule has 3 aliphatic rings. The zero-order chi connectivity index (χ0) is 16.0. The van der Waals surface area contributed by atoms with E-state index in [2.05, 4.69) is 15.3 Å². The van der Waals surface area contributed by atoms with Crippen LogP contribution >= 0.6 is 11.8 Å². The highest BCUT2D eigenvalue weighted by atomic mass is 32.2.